The molecule has 0 aromatic heterocycles. The van der Waals surface area contributed by atoms with Crippen molar-refractivity contribution in [3.05, 3.63) is 12.2 Å². The van der Waals surface area contributed by atoms with Crippen molar-refractivity contribution in [2.24, 2.45) is 10.2 Å². The molecule has 2 nitrogen and oxygen atoms in total. The first-order valence-corrected chi connectivity index (χ1v) is 1.85. The molecule has 0 bridgehead atoms. The van der Waals surface area contributed by atoms with Crippen molar-refractivity contribution in [3.63, 3.8) is 0 Å². The molecule has 32 valence electrons. The van der Waals surface area contributed by atoms with E-state index < -0.39 is 6.52 Å². The molecule has 1 heterocycles. The van der Waals surface area contributed by atoms with Crippen LogP contribution in [0.15, 0.2) is 22.4 Å². The van der Waals surface area contributed by atoms with Crippen LogP contribution in [0, 0.1) is 0 Å². The molecule has 1 aliphatic rings. The van der Waals surface area contributed by atoms with E-state index in [1.54, 1.807) is 6.08 Å². The molecule has 0 aromatic rings. The normalized spacial score (nSPS) is 33.3. The third-order valence-electron chi connectivity index (χ3n) is 0.558. The minimum absolute atomic E-state index is 0.436. The Kier molecular flexibility index (Phi) is 0.708. The molecule has 1 rings (SSSR count). The molecular weight excluding hydrogens is 76.1 g/mol. The highest BCUT2D eigenvalue weighted by Gasteiger charge is 1.77. The lowest BCUT2D eigenvalue weighted by molar-refractivity contribution is 0.940. The Labute approximate surface area is 38.0 Å². The largest absolute Gasteiger partial charge is 0.190 e. The highest BCUT2D eigenvalue weighted by atomic mass is 15.1. The van der Waals surface area contributed by atoms with E-state index >= 15 is 0 Å². The average molecular weight is 83.1 g/mol. The maximum Gasteiger partial charge on any atom is 0.0780 e. The van der Waals surface area contributed by atoms with Crippen LogP contribution in [0.2, 0.25) is 0 Å². The summed E-state index contributed by atoms with van der Waals surface area (Å²) in [6.07, 6.45) is 3.55. The molecule has 0 saturated carbocycles. The highest BCUT2D eigenvalue weighted by Crippen LogP contribution is 1.85. The Bertz CT molecular complexity index is 96.3. The number of hydrogen-bond acceptors (Lipinski definition) is 2. The Balaban J connectivity index is 2.49. The number of hydrogen-bond donors (Lipinski definition) is 0. The zero-order chi connectivity index (χ0) is 5.11. The van der Waals surface area contributed by atoms with Gasteiger partial charge in [-0.3, -0.25) is 0 Å². The van der Waals surface area contributed by atoms with Gasteiger partial charge in [-0.25, -0.2) is 0 Å². The van der Waals surface area contributed by atoms with Crippen molar-refractivity contribution in [2.45, 2.75) is 0 Å². The van der Waals surface area contributed by atoms with Crippen LogP contribution in [-0.2, 0) is 0 Å². The first-order valence-electron chi connectivity index (χ1n) is 2.43. The van der Waals surface area contributed by atoms with Crippen LogP contribution in [0.25, 0.3) is 0 Å². The van der Waals surface area contributed by atoms with Crippen LogP contribution < -0.4 is 0 Å². The molecule has 0 aromatic carbocycles. The minimum Gasteiger partial charge on any atom is -0.190 e. The van der Waals surface area contributed by atoms with E-state index in [1.165, 1.54) is 0 Å². The second kappa shape index (κ2) is 1.70. The van der Waals surface area contributed by atoms with Crippen LogP contribution in [0.5, 0.6) is 0 Å². The van der Waals surface area contributed by atoms with Gasteiger partial charge in [-0.15, -0.1) is 0 Å². The van der Waals surface area contributed by atoms with E-state index in [-0.39, 0.29) is 0 Å². The van der Waals surface area contributed by atoms with E-state index in [4.69, 9.17) is 1.37 Å². The van der Waals surface area contributed by atoms with E-state index in [0.717, 1.165) is 0 Å². The molecule has 2 heteroatoms. The Morgan fingerprint density at radius 1 is 1.50 bits per heavy atom. The maximum atomic E-state index is 6.92. The summed E-state index contributed by atoms with van der Waals surface area (Å²) in [5.41, 5.74) is 0. The number of nitrogens with zero attached hydrogens (tertiary/aromatic N) is 2. The number of rotatable bonds is 0. The van der Waals surface area contributed by atoms with Crippen LogP contribution >= 0.6 is 0 Å². The molecular formula is C4H6N2. The van der Waals surface area contributed by atoms with Gasteiger partial charge in [-0.1, -0.05) is 12.2 Å². The van der Waals surface area contributed by atoms with Crippen LogP contribution in [0.4, 0.5) is 0 Å². The average Bonchev–Trinajstić information content (AvgIpc) is 1.69. The fourth-order valence-electron chi connectivity index (χ4n) is 0.302. The van der Waals surface area contributed by atoms with Gasteiger partial charge in [0.15, 0.2) is 0 Å². The molecule has 0 fully saturated rings. The summed E-state index contributed by atoms with van der Waals surface area (Å²) in [6, 6.07) is 0. The van der Waals surface area contributed by atoms with E-state index in [9.17, 15) is 0 Å². The number of azo groups is 1. The second-order valence-corrected chi connectivity index (χ2v) is 1.02. The molecule has 0 spiro atoms. The van der Waals surface area contributed by atoms with Crippen molar-refractivity contribution < 1.29 is 1.37 Å². The fraction of sp³-hybridized carbons (Fsp3) is 0.500. The smallest absolute Gasteiger partial charge is 0.0780 e. The van der Waals surface area contributed by atoms with E-state index in [0.29, 0.717) is 6.54 Å². The fourth-order valence-corrected chi connectivity index (χ4v) is 0.302. The van der Waals surface area contributed by atoms with Crippen molar-refractivity contribution in [3.8, 4) is 0 Å². The molecule has 6 heavy (non-hydrogen) atoms. The monoisotopic (exact) mass is 83.1 g/mol. The third-order valence-corrected chi connectivity index (χ3v) is 0.558. The van der Waals surface area contributed by atoms with Gasteiger partial charge >= 0.3 is 0 Å². The van der Waals surface area contributed by atoms with Gasteiger partial charge in [0.05, 0.1) is 14.4 Å². The van der Waals surface area contributed by atoms with Gasteiger partial charge in [-0.2, -0.15) is 10.2 Å². The highest BCUT2D eigenvalue weighted by molar-refractivity contribution is 4.87. The van der Waals surface area contributed by atoms with Crippen molar-refractivity contribution >= 4 is 0 Å². The van der Waals surface area contributed by atoms with Crippen LogP contribution in [-0.4, -0.2) is 13.1 Å². The summed E-state index contributed by atoms with van der Waals surface area (Å²) >= 11 is 0. The summed E-state index contributed by atoms with van der Waals surface area (Å²) in [7, 11) is 0. The van der Waals surface area contributed by atoms with Gasteiger partial charge in [-0.05, 0) is 0 Å². The quantitative estimate of drug-likeness (QED) is 0.390. The predicted octanol–water partition coefficient (Wildman–Crippen LogP) is 1.01. The van der Waals surface area contributed by atoms with Crippen LogP contribution in [0.3, 0.4) is 0 Å². The molecule has 0 aliphatic carbocycles. The van der Waals surface area contributed by atoms with Crippen LogP contribution in [0.1, 0.15) is 1.37 Å². The molecule has 0 amide bonds. The van der Waals surface area contributed by atoms with Gasteiger partial charge < -0.3 is 0 Å². The summed E-state index contributed by atoms with van der Waals surface area (Å²) in [5, 5.41) is 7.14. The molecule has 1 unspecified atom stereocenters. The second-order valence-electron chi connectivity index (χ2n) is 1.02. The van der Waals surface area contributed by atoms with Crippen molar-refractivity contribution in [1.29, 1.82) is 0 Å². The molecule has 0 radical (unpaired) electrons. The molecule has 1 atom stereocenters. The van der Waals surface area contributed by atoms with Gasteiger partial charge in [0.25, 0.3) is 0 Å². The van der Waals surface area contributed by atoms with E-state index in [2.05, 4.69) is 10.2 Å². The third kappa shape index (κ3) is 0.641. The van der Waals surface area contributed by atoms with Gasteiger partial charge in [0.2, 0.25) is 0 Å². The Morgan fingerprint density at radius 2 is 2.50 bits per heavy atom. The summed E-state index contributed by atoms with van der Waals surface area (Å²) in [4.78, 5) is 0. The SMILES string of the molecule is [2H]C1C=CCN=N1. The maximum absolute atomic E-state index is 6.92. The lowest BCUT2D eigenvalue weighted by atomic mass is 10.5. The summed E-state index contributed by atoms with van der Waals surface area (Å²) < 4.78 is 6.92. The molecule has 1 aliphatic heterocycles. The molecule has 0 N–H and O–H groups in total. The standard InChI is InChI=1S/C4H6N2/c1-2-4-6-5-3-1/h1-2H,3-4H2/i3D. The Hall–Kier alpha value is -0.660. The zero-order valence-corrected chi connectivity index (χ0v) is 3.33. The summed E-state index contributed by atoms with van der Waals surface area (Å²) in [5.74, 6) is 0. The van der Waals surface area contributed by atoms with Gasteiger partial charge in [0.1, 0.15) is 0 Å². The zero-order valence-electron chi connectivity index (χ0n) is 4.33. The first kappa shape index (κ1) is 2.50. The lowest BCUT2D eigenvalue weighted by Crippen LogP contribution is -1.79. The predicted molar refractivity (Wildman–Crippen MR) is 23.7 cm³/mol. The topological polar surface area (TPSA) is 24.7 Å². The van der Waals surface area contributed by atoms with E-state index in [1.807, 2.05) is 6.08 Å². The van der Waals surface area contributed by atoms with Gasteiger partial charge in [0, 0.05) is 0 Å². The lowest BCUT2D eigenvalue weighted by Gasteiger charge is -1.87. The Morgan fingerprint density at radius 3 is 2.83 bits per heavy atom. The van der Waals surface area contributed by atoms with Crippen molar-refractivity contribution in [2.75, 3.05) is 13.1 Å². The molecule has 0 saturated heterocycles. The first-order chi connectivity index (χ1) is 3.39. The summed E-state index contributed by atoms with van der Waals surface area (Å²) in [6.45, 7) is 0.212. The minimum atomic E-state index is -0.436. The van der Waals surface area contributed by atoms with Crippen molar-refractivity contribution in [1.82, 2.24) is 0 Å².